The van der Waals surface area contributed by atoms with Gasteiger partial charge in [-0.3, -0.25) is 39.0 Å². The van der Waals surface area contributed by atoms with Crippen molar-refractivity contribution in [3.8, 4) is 0 Å². The highest BCUT2D eigenvalue weighted by molar-refractivity contribution is 6.00. The molecule has 18 heteroatoms. The molecule has 3 heterocycles. The first-order valence-electron chi connectivity index (χ1n) is 24.8. The predicted octanol–water partition coefficient (Wildman–Crippen LogP) is 2.83. The van der Waals surface area contributed by atoms with Crippen molar-refractivity contribution in [1.29, 1.82) is 5.41 Å². The Kier molecular flexibility index (Phi) is 18.0. The molecule has 372 valence electrons. The molecule has 1 saturated carbocycles. The number of nitrogens with zero attached hydrogens (tertiary/aromatic N) is 1. The number of benzene rings is 3. The molecule has 0 spiro atoms. The summed E-state index contributed by atoms with van der Waals surface area (Å²) in [5.41, 5.74) is 8.27. The van der Waals surface area contributed by atoms with E-state index < -0.39 is 77.6 Å². The van der Waals surface area contributed by atoms with Crippen LogP contribution in [-0.4, -0.2) is 113 Å². The van der Waals surface area contributed by atoms with Crippen LogP contribution < -0.4 is 43.0 Å². The van der Waals surface area contributed by atoms with E-state index in [-0.39, 0.29) is 63.6 Å². The molecule has 70 heavy (non-hydrogen) atoms. The number of nitrogens with one attached hydrogen (secondary N) is 9. The fourth-order valence-corrected chi connectivity index (χ4v) is 9.89. The van der Waals surface area contributed by atoms with Gasteiger partial charge in [0.25, 0.3) is 5.91 Å². The molecule has 6 atom stereocenters. The van der Waals surface area contributed by atoms with E-state index in [9.17, 15) is 33.6 Å². The van der Waals surface area contributed by atoms with E-state index in [0.717, 1.165) is 54.1 Å². The standard InChI is InChI=1S/C52H67N11O7/c53-52(54)56-27-12-23-39-46(65)55-26-13-24-40(59-47(66)41(29-33-15-4-1-5-16-33)60-45(64)35-19-8-3-9-20-35)51(70)63-28-14-25-44(63)50(69)62-42(30-34-17-6-2-7-18-34)48(67)61-43(49(68)58-39)31-36-32-57-38-22-11-10-21-37(36)38/h1,3-5,8-11,15-16,19-22,32,34,39-44,57H,2,6-7,12-14,17-18,23-31H2,(H,55,65)(H,58,68)(H,59,66)(H,60,64)(H,61,67)(H,62,69)(H4,53,54,56)/t39-,40?,41-,42+,43-,44-/m0/s1. The zero-order valence-corrected chi connectivity index (χ0v) is 39.6. The number of nitrogens with two attached hydrogens (primary N) is 1. The van der Waals surface area contributed by atoms with Crippen molar-refractivity contribution in [2.45, 2.75) is 126 Å². The average Bonchev–Trinajstić information content (AvgIpc) is 4.03. The molecular weight excluding hydrogens is 891 g/mol. The minimum absolute atomic E-state index is 0.0526. The quantitative estimate of drug-likeness (QED) is 0.0505. The predicted molar refractivity (Wildman–Crippen MR) is 265 cm³/mol. The van der Waals surface area contributed by atoms with E-state index in [1.54, 1.807) is 36.5 Å². The Hall–Kier alpha value is -7.24. The summed E-state index contributed by atoms with van der Waals surface area (Å²) in [7, 11) is 0. The van der Waals surface area contributed by atoms with Gasteiger partial charge in [0.2, 0.25) is 35.4 Å². The third-order valence-corrected chi connectivity index (χ3v) is 13.6. The number of amides is 7. The molecule has 4 aromatic rings. The van der Waals surface area contributed by atoms with Crippen LogP contribution in [0, 0.1) is 11.3 Å². The van der Waals surface area contributed by atoms with Crippen LogP contribution >= 0.6 is 0 Å². The highest BCUT2D eigenvalue weighted by Gasteiger charge is 2.41. The first kappa shape index (κ1) is 50.6. The van der Waals surface area contributed by atoms with Crippen LogP contribution in [0.3, 0.4) is 0 Å². The Bertz CT molecular complexity index is 2460. The summed E-state index contributed by atoms with van der Waals surface area (Å²) in [4.78, 5) is 105. The molecule has 2 aliphatic heterocycles. The van der Waals surface area contributed by atoms with Gasteiger partial charge in [-0.05, 0) is 80.2 Å². The van der Waals surface area contributed by atoms with Crippen LogP contribution in [-0.2, 0) is 41.6 Å². The molecule has 1 aliphatic carbocycles. The number of hydrogen-bond acceptors (Lipinski definition) is 8. The lowest BCUT2D eigenvalue weighted by Crippen LogP contribution is -2.60. The normalized spacial score (nSPS) is 22.5. The van der Waals surface area contributed by atoms with Gasteiger partial charge >= 0.3 is 0 Å². The largest absolute Gasteiger partial charge is 0.370 e. The van der Waals surface area contributed by atoms with Gasteiger partial charge in [0.15, 0.2) is 5.96 Å². The van der Waals surface area contributed by atoms with Gasteiger partial charge in [0.1, 0.15) is 36.3 Å². The Morgan fingerprint density at radius 2 is 1.43 bits per heavy atom. The van der Waals surface area contributed by atoms with Crippen molar-refractivity contribution in [2.24, 2.45) is 11.7 Å². The highest BCUT2D eigenvalue weighted by Crippen LogP contribution is 2.28. The summed E-state index contributed by atoms with van der Waals surface area (Å²) >= 11 is 0. The first-order valence-corrected chi connectivity index (χ1v) is 24.8. The number of aromatic amines is 1. The van der Waals surface area contributed by atoms with Crippen molar-refractivity contribution in [1.82, 2.24) is 47.1 Å². The lowest BCUT2D eigenvalue weighted by Gasteiger charge is -2.32. The number of para-hydroxylation sites is 1. The minimum Gasteiger partial charge on any atom is -0.370 e. The van der Waals surface area contributed by atoms with Crippen LogP contribution in [0.5, 0.6) is 0 Å². The maximum atomic E-state index is 14.8. The van der Waals surface area contributed by atoms with Gasteiger partial charge < -0.3 is 52.8 Å². The van der Waals surface area contributed by atoms with Gasteiger partial charge in [0.05, 0.1) is 0 Å². The second-order valence-electron chi connectivity index (χ2n) is 18.7. The number of carbonyl (C=O) groups is 7. The number of H-pyrrole nitrogens is 1. The summed E-state index contributed by atoms with van der Waals surface area (Å²) < 4.78 is 0. The molecule has 0 bridgehead atoms. The maximum Gasteiger partial charge on any atom is 0.251 e. The molecule has 18 nitrogen and oxygen atoms in total. The van der Waals surface area contributed by atoms with E-state index in [1.807, 2.05) is 54.6 Å². The summed E-state index contributed by atoms with van der Waals surface area (Å²) in [5.74, 6) is -3.85. The fraction of sp³-hybridized carbons (Fsp3) is 0.462. The molecule has 0 radical (unpaired) electrons. The molecule has 7 amide bonds. The Balaban J connectivity index is 1.18. The SMILES string of the molecule is N=C(N)NCCC[C@@H]1NC(=O)[C@H](Cc2c[nH]c3ccccc23)NC(=O)[C@@H](CC2CCCCC2)NC(=O)[C@@H]2CCCN2C(=O)C(NC(=O)[C@H](Cc2ccccc2)NC(=O)c2ccccc2)CCCNC1=O. The first-order chi connectivity index (χ1) is 33.9. The molecule has 3 aromatic carbocycles. The van der Waals surface area contributed by atoms with Crippen LogP contribution in [0.2, 0.25) is 0 Å². The minimum atomic E-state index is -1.16. The molecule has 3 aliphatic rings. The molecule has 11 N–H and O–H groups in total. The summed E-state index contributed by atoms with van der Waals surface area (Å²) in [6.45, 7) is 0.535. The topological polar surface area (TPSA) is 273 Å². The third-order valence-electron chi connectivity index (χ3n) is 13.6. The van der Waals surface area contributed by atoms with Crippen LogP contribution in [0.15, 0.2) is 91.1 Å². The van der Waals surface area contributed by atoms with E-state index in [4.69, 9.17) is 11.1 Å². The van der Waals surface area contributed by atoms with E-state index in [2.05, 4.69) is 42.2 Å². The number of hydrogen-bond donors (Lipinski definition) is 10. The number of fused-ring (bicyclic) bond motifs is 2. The van der Waals surface area contributed by atoms with Crippen LogP contribution in [0.25, 0.3) is 10.9 Å². The second kappa shape index (κ2) is 24.9. The molecule has 1 aromatic heterocycles. The van der Waals surface area contributed by atoms with E-state index >= 15 is 0 Å². The van der Waals surface area contributed by atoms with Gasteiger partial charge in [-0.25, -0.2) is 0 Å². The van der Waals surface area contributed by atoms with Gasteiger partial charge in [0, 0.05) is 55.1 Å². The van der Waals surface area contributed by atoms with E-state index in [1.165, 1.54) is 4.90 Å². The second-order valence-corrected chi connectivity index (χ2v) is 18.7. The summed E-state index contributed by atoms with van der Waals surface area (Å²) in [6, 6.07) is 18.8. The third kappa shape index (κ3) is 13.9. The molecular formula is C52H67N11O7. The number of aromatic nitrogens is 1. The molecule has 1 unspecified atom stereocenters. The summed E-state index contributed by atoms with van der Waals surface area (Å²) in [5, 5.41) is 28.8. The van der Waals surface area contributed by atoms with Gasteiger partial charge in [-0.1, -0.05) is 98.8 Å². The van der Waals surface area contributed by atoms with Gasteiger partial charge in [-0.2, -0.15) is 0 Å². The highest BCUT2D eigenvalue weighted by atomic mass is 16.2. The van der Waals surface area contributed by atoms with Crippen LogP contribution in [0.4, 0.5) is 0 Å². The van der Waals surface area contributed by atoms with Crippen molar-refractivity contribution < 1.29 is 33.6 Å². The molecule has 3 fully saturated rings. The molecule has 7 rings (SSSR count). The fourth-order valence-electron chi connectivity index (χ4n) is 9.89. The number of carbonyl (C=O) groups excluding carboxylic acids is 7. The lowest BCUT2D eigenvalue weighted by atomic mass is 9.84. The number of rotatable bonds is 14. The van der Waals surface area contributed by atoms with Crippen LogP contribution in [0.1, 0.15) is 98.5 Å². The maximum absolute atomic E-state index is 14.8. The van der Waals surface area contributed by atoms with Crippen molar-refractivity contribution in [2.75, 3.05) is 19.6 Å². The zero-order valence-electron chi connectivity index (χ0n) is 39.6. The Morgan fingerprint density at radius 3 is 2.19 bits per heavy atom. The average molecular weight is 958 g/mol. The Morgan fingerprint density at radius 1 is 0.743 bits per heavy atom. The Labute approximate surface area is 408 Å². The lowest BCUT2D eigenvalue weighted by molar-refractivity contribution is -0.142. The van der Waals surface area contributed by atoms with Crippen molar-refractivity contribution >= 4 is 58.2 Å². The van der Waals surface area contributed by atoms with Crippen molar-refractivity contribution in [3.05, 3.63) is 108 Å². The van der Waals surface area contributed by atoms with Crippen molar-refractivity contribution in [3.63, 3.8) is 0 Å². The van der Waals surface area contributed by atoms with Gasteiger partial charge in [-0.15, -0.1) is 0 Å². The number of guanidine groups is 1. The van der Waals surface area contributed by atoms with E-state index in [0.29, 0.717) is 31.2 Å². The smallest absolute Gasteiger partial charge is 0.251 e. The zero-order chi connectivity index (χ0) is 49.4. The monoisotopic (exact) mass is 958 g/mol. The molecule has 2 saturated heterocycles. The summed E-state index contributed by atoms with van der Waals surface area (Å²) in [6.07, 6.45) is 8.71.